The van der Waals surface area contributed by atoms with Crippen molar-refractivity contribution in [3.8, 4) is 39.5 Å². The normalized spacial score (nSPS) is 12.7. The number of hydrogen-bond acceptors (Lipinski definition) is 11. The number of alkyl halides is 3. The first-order chi connectivity index (χ1) is 47.3. The van der Waals surface area contributed by atoms with Crippen molar-refractivity contribution in [2.24, 2.45) is 0 Å². The Kier molecular flexibility index (Phi) is 29.0. The predicted molar refractivity (Wildman–Crippen MR) is 390 cm³/mol. The van der Waals surface area contributed by atoms with Crippen molar-refractivity contribution in [2.45, 2.75) is 91.4 Å². The zero-order valence-electron chi connectivity index (χ0n) is 56.0. The smallest absolute Gasteiger partial charge is 0.508 e. The predicted octanol–water partition coefficient (Wildman–Crippen LogP) is 18.8. The van der Waals surface area contributed by atoms with E-state index in [9.17, 15) is 67.4 Å². The maximum absolute atomic E-state index is 13.8. The van der Waals surface area contributed by atoms with E-state index >= 15 is 0 Å². The molecule has 0 aromatic heterocycles. The van der Waals surface area contributed by atoms with Crippen LogP contribution in [0.3, 0.4) is 0 Å². The van der Waals surface area contributed by atoms with Gasteiger partial charge in [0.2, 0.25) is 0 Å². The number of rotatable bonds is 14. The third-order valence-electron chi connectivity index (χ3n) is 16.1. The minimum Gasteiger partial charge on any atom is -0.508 e. The van der Waals surface area contributed by atoms with Crippen LogP contribution in [0.15, 0.2) is 200 Å². The zero-order chi connectivity index (χ0) is 74.5. The van der Waals surface area contributed by atoms with Gasteiger partial charge < -0.3 is 29.4 Å². The Morgan fingerprint density at radius 1 is 0.471 bits per heavy atom. The van der Waals surface area contributed by atoms with Crippen LogP contribution in [0.2, 0.25) is 0 Å². The van der Waals surface area contributed by atoms with Gasteiger partial charge in [0.15, 0.2) is 17.3 Å². The molecule has 531 valence electrons. The summed E-state index contributed by atoms with van der Waals surface area (Å²) in [6.45, 7) is 15.6. The molecule has 1 radical (unpaired) electrons. The van der Waals surface area contributed by atoms with Crippen LogP contribution < -0.4 is 15.4 Å². The molecule has 0 atom stereocenters. The van der Waals surface area contributed by atoms with Gasteiger partial charge in [0, 0.05) is 50.6 Å². The standard InChI is InChI=1S/C22H15F5O4S.C21H16F2O2.C20H21BF2O3.C7H8IN.C7H7IO.V/c1-13-5-10-16(31-32(29,30)22(25,26)27)12-17(13)15-8-6-14(7-9-15)11-20(28)21-18(23)3-2-4-19(21)24;1-13-5-10-16(24)12-17(13)15-8-6-14(7-9-15)11-20(25)21-18(22)3-2-4-19(21)23;1-19(2)20(3,4)26-21(25-19)14-10-8-13(9-11-14)12-17(24)18-15(22)6-5-7-16(18)23;2*1-5-2-3-6(9)4-7(5)8;/h2-10,12H,11H2,1H3;2-10,12,24H,11H2,1H3;5-11H,12H2,1-4H3;2-4H,9H2,1H3;2-4,9H,1H3;. The Bertz CT molecular complexity index is 4640. The van der Waals surface area contributed by atoms with Gasteiger partial charge in [-0.15, -0.1) is 0 Å². The Labute approximate surface area is 625 Å². The summed E-state index contributed by atoms with van der Waals surface area (Å²) in [6.07, 6.45) is -0.442. The number of phenols is 2. The molecule has 1 fully saturated rings. The summed E-state index contributed by atoms with van der Waals surface area (Å²) in [5, 5.41) is 18.6. The van der Waals surface area contributed by atoms with E-state index in [0.717, 1.165) is 86.0 Å². The van der Waals surface area contributed by atoms with Gasteiger partial charge in [-0.1, -0.05) is 115 Å². The molecule has 0 amide bonds. The second kappa shape index (κ2) is 35.8. The van der Waals surface area contributed by atoms with Crippen molar-refractivity contribution in [1.29, 1.82) is 0 Å². The van der Waals surface area contributed by atoms with Gasteiger partial charge >= 0.3 is 22.7 Å². The molecule has 1 aliphatic heterocycles. The third-order valence-corrected chi connectivity index (χ3v) is 19.4. The number of nitrogen functional groups attached to an aromatic ring is 1. The molecule has 1 saturated heterocycles. The van der Waals surface area contributed by atoms with Crippen molar-refractivity contribution in [2.75, 3.05) is 5.73 Å². The fourth-order valence-electron chi connectivity index (χ4n) is 9.74. The van der Waals surface area contributed by atoms with Crippen molar-refractivity contribution in [3.63, 3.8) is 0 Å². The van der Waals surface area contributed by atoms with E-state index in [1.54, 1.807) is 67.6 Å². The van der Waals surface area contributed by atoms with Crippen LogP contribution in [0.4, 0.5) is 45.2 Å². The number of carbonyl (C=O) groups is 3. The molecule has 1 aliphatic rings. The Balaban J connectivity index is 0.000000214. The second-order valence-electron chi connectivity index (χ2n) is 24.2. The third kappa shape index (κ3) is 22.1. The number of aryl methyl sites for hydroxylation is 4. The summed E-state index contributed by atoms with van der Waals surface area (Å²) in [5.41, 5.74) is 7.69. The van der Waals surface area contributed by atoms with Crippen LogP contribution >= 0.6 is 45.2 Å². The fourth-order valence-corrected chi connectivity index (χ4v) is 11.2. The maximum Gasteiger partial charge on any atom is 0.534 e. The van der Waals surface area contributed by atoms with E-state index in [4.69, 9.17) is 20.1 Å². The molecular formula is C77H67BF9I2NO10SV. The van der Waals surface area contributed by atoms with Gasteiger partial charge in [0.1, 0.15) is 52.2 Å². The molecule has 0 spiro atoms. The molecule has 102 heavy (non-hydrogen) atoms. The maximum atomic E-state index is 13.8. The molecule has 10 aromatic carbocycles. The SMILES string of the molecule is CC1(C)OB(c2ccc(CC(=O)c3c(F)cccc3F)cc2)OC1(C)C.Cc1ccc(N)cc1I.Cc1ccc(O)cc1-c1ccc(CC(=O)c2c(F)cccc2F)cc1.Cc1ccc(O)cc1I.Cc1ccc(OS(=O)(=O)C(F)(F)F)cc1-c1ccc(CC(=O)c2c(F)cccc2F)cc1.[V]. The molecule has 11 rings (SSSR count). The number of hydrogen-bond donors (Lipinski definition) is 3. The number of nitrogens with two attached hydrogens (primary N) is 1. The molecular weight excluding hydrogens is 1620 g/mol. The van der Waals surface area contributed by atoms with Gasteiger partial charge in [0.25, 0.3) is 0 Å². The summed E-state index contributed by atoms with van der Waals surface area (Å²) in [5.74, 6) is -7.27. The Morgan fingerprint density at radius 2 is 0.794 bits per heavy atom. The largest absolute Gasteiger partial charge is 0.534 e. The summed E-state index contributed by atoms with van der Waals surface area (Å²) in [6, 6.07) is 50.3. The van der Waals surface area contributed by atoms with E-state index < -0.39 is 109 Å². The molecule has 0 saturated carbocycles. The minimum absolute atomic E-state index is 0. The molecule has 0 bridgehead atoms. The van der Waals surface area contributed by atoms with Gasteiger partial charge in [-0.2, -0.15) is 21.6 Å². The zero-order valence-corrected chi connectivity index (χ0v) is 62.5. The second-order valence-corrected chi connectivity index (χ2v) is 28.1. The number of aromatic hydroxyl groups is 2. The molecule has 1 heterocycles. The molecule has 4 N–H and O–H groups in total. The molecule has 0 unspecified atom stereocenters. The average Bonchev–Trinajstić information content (AvgIpc) is 1.61. The quantitative estimate of drug-likeness (QED) is 0.0179. The van der Waals surface area contributed by atoms with E-state index in [0.29, 0.717) is 39.1 Å². The van der Waals surface area contributed by atoms with Gasteiger partial charge in [-0.3, -0.25) is 14.4 Å². The number of anilines is 1. The number of ketones is 3. The molecule has 11 nitrogen and oxygen atoms in total. The van der Waals surface area contributed by atoms with E-state index in [1.165, 1.54) is 45.0 Å². The number of phenolic OH excluding ortho intramolecular Hbond substituents is 2. The van der Waals surface area contributed by atoms with Crippen LogP contribution in [0.1, 0.15) is 97.7 Å². The molecule has 25 heteroatoms. The summed E-state index contributed by atoms with van der Waals surface area (Å²) >= 11 is 4.46. The van der Waals surface area contributed by atoms with Gasteiger partial charge in [-0.05, 0) is 252 Å². The van der Waals surface area contributed by atoms with Crippen LogP contribution in [0, 0.1) is 69.7 Å². The summed E-state index contributed by atoms with van der Waals surface area (Å²) in [7, 11) is -6.31. The average molecular weight is 1680 g/mol. The number of carbonyl (C=O) groups excluding carboxylic acids is 3. The Hall–Kier alpha value is -8.24. The van der Waals surface area contributed by atoms with Crippen LogP contribution in [0.25, 0.3) is 22.3 Å². The van der Waals surface area contributed by atoms with Gasteiger partial charge in [-0.25, -0.2) is 26.3 Å². The van der Waals surface area contributed by atoms with Crippen molar-refractivity contribution in [3.05, 3.63) is 298 Å². The van der Waals surface area contributed by atoms with E-state index in [-0.39, 0.29) is 43.6 Å². The Morgan fingerprint density at radius 3 is 1.14 bits per heavy atom. The van der Waals surface area contributed by atoms with Crippen molar-refractivity contribution in [1.82, 2.24) is 0 Å². The minimum atomic E-state index is -5.81. The van der Waals surface area contributed by atoms with Gasteiger partial charge in [0.05, 0.1) is 27.9 Å². The van der Waals surface area contributed by atoms with Crippen LogP contribution in [0.5, 0.6) is 17.2 Å². The summed E-state index contributed by atoms with van der Waals surface area (Å²) in [4.78, 5) is 36.7. The van der Waals surface area contributed by atoms with Crippen LogP contribution in [-0.4, -0.2) is 59.8 Å². The summed E-state index contributed by atoms with van der Waals surface area (Å²) < 4.78 is 161. The first kappa shape index (κ1) is 82.7. The van der Waals surface area contributed by atoms with E-state index in [2.05, 4.69) is 56.3 Å². The number of halogens is 11. The van der Waals surface area contributed by atoms with Crippen LogP contribution in [-0.2, 0) is 57.2 Å². The number of benzene rings is 10. The molecule has 10 aromatic rings. The number of Topliss-reactive ketones (excluding diaryl/α,β-unsaturated/α-hetero) is 3. The van der Waals surface area contributed by atoms with Crippen molar-refractivity contribution >= 4 is 90.9 Å². The van der Waals surface area contributed by atoms with E-state index in [1.807, 2.05) is 96.1 Å². The van der Waals surface area contributed by atoms with Crippen molar-refractivity contribution < 1.29 is 105 Å². The molecule has 0 aliphatic carbocycles. The first-order valence-electron chi connectivity index (χ1n) is 30.8. The monoisotopic (exact) mass is 1680 g/mol. The topological polar surface area (TPSA) is 180 Å². The fraction of sp³-hybridized carbons (Fsp3) is 0.182. The first-order valence-corrected chi connectivity index (χ1v) is 34.3.